The minimum atomic E-state index is 0.798. The van der Waals surface area contributed by atoms with Crippen LogP contribution in [0.25, 0.3) is 10.4 Å². The van der Waals surface area contributed by atoms with E-state index in [2.05, 4.69) is 37.4 Å². The van der Waals surface area contributed by atoms with Crippen molar-refractivity contribution in [2.75, 3.05) is 6.54 Å². The van der Waals surface area contributed by atoms with Crippen molar-refractivity contribution in [2.45, 2.75) is 20.4 Å². The van der Waals surface area contributed by atoms with Crippen molar-refractivity contribution in [1.82, 2.24) is 5.32 Å². The molecule has 0 unspecified atom stereocenters. The smallest absolute Gasteiger partial charge is 0.0412 e. The van der Waals surface area contributed by atoms with Gasteiger partial charge in [0.05, 0.1) is 0 Å². The summed E-state index contributed by atoms with van der Waals surface area (Å²) in [4.78, 5) is 2.65. The highest BCUT2D eigenvalue weighted by atomic mass is 35.5. The second-order valence-electron chi connectivity index (χ2n) is 4.01. The Morgan fingerprint density at radius 1 is 1.24 bits per heavy atom. The average molecular weight is 266 g/mol. The molecule has 3 heteroatoms. The molecular formula is C14H16ClNS. The Labute approximate surface area is 111 Å². The summed E-state index contributed by atoms with van der Waals surface area (Å²) in [5.74, 6) is 0. The van der Waals surface area contributed by atoms with Crippen molar-refractivity contribution >= 4 is 22.9 Å². The van der Waals surface area contributed by atoms with Crippen LogP contribution in [0.2, 0.25) is 5.02 Å². The lowest BCUT2D eigenvalue weighted by atomic mass is 10.1. The van der Waals surface area contributed by atoms with Gasteiger partial charge in [0, 0.05) is 21.3 Å². The van der Waals surface area contributed by atoms with E-state index in [1.165, 1.54) is 20.9 Å². The fraction of sp³-hybridized carbons (Fsp3) is 0.286. The lowest BCUT2D eigenvalue weighted by Gasteiger charge is -2.03. The van der Waals surface area contributed by atoms with Crippen molar-refractivity contribution in [2.24, 2.45) is 0 Å². The lowest BCUT2D eigenvalue weighted by molar-refractivity contribution is 0.735. The summed E-state index contributed by atoms with van der Waals surface area (Å²) in [6.45, 7) is 6.19. The van der Waals surface area contributed by atoms with Gasteiger partial charge in [-0.2, -0.15) is 0 Å². The summed E-state index contributed by atoms with van der Waals surface area (Å²) in [5, 5.41) is 4.14. The molecule has 1 nitrogen and oxygen atoms in total. The molecule has 0 saturated heterocycles. The molecule has 1 N–H and O–H groups in total. The summed E-state index contributed by atoms with van der Waals surface area (Å²) >= 11 is 7.88. The summed E-state index contributed by atoms with van der Waals surface area (Å²) in [7, 11) is 0. The molecule has 0 aliphatic carbocycles. The number of hydrogen-bond acceptors (Lipinski definition) is 2. The van der Waals surface area contributed by atoms with Crippen LogP contribution in [0.3, 0.4) is 0 Å². The van der Waals surface area contributed by atoms with Crippen molar-refractivity contribution in [3.05, 3.63) is 45.8 Å². The highest BCUT2D eigenvalue weighted by molar-refractivity contribution is 7.15. The molecule has 0 radical (unpaired) electrons. The van der Waals surface area contributed by atoms with Gasteiger partial charge >= 0.3 is 0 Å². The zero-order valence-corrected chi connectivity index (χ0v) is 11.7. The first kappa shape index (κ1) is 12.6. The lowest BCUT2D eigenvalue weighted by Crippen LogP contribution is -2.10. The molecular weight excluding hydrogens is 250 g/mol. The van der Waals surface area contributed by atoms with Crippen molar-refractivity contribution in [1.29, 1.82) is 0 Å². The molecule has 0 amide bonds. The Kier molecular flexibility index (Phi) is 4.21. The molecule has 2 rings (SSSR count). The van der Waals surface area contributed by atoms with Gasteiger partial charge in [-0.1, -0.05) is 24.6 Å². The summed E-state index contributed by atoms with van der Waals surface area (Å²) in [6.07, 6.45) is 0. The minimum absolute atomic E-state index is 0.798. The van der Waals surface area contributed by atoms with Crippen LogP contribution >= 0.6 is 22.9 Å². The topological polar surface area (TPSA) is 12.0 Å². The van der Waals surface area contributed by atoms with Crippen molar-refractivity contribution in [3.63, 3.8) is 0 Å². The molecule has 1 aromatic heterocycles. The number of nitrogens with one attached hydrogen (secondary N) is 1. The van der Waals surface area contributed by atoms with E-state index in [4.69, 9.17) is 11.6 Å². The van der Waals surface area contributed by atoms with Gasteiger partial charge in [0.15, 0.2) is 0 Å². The molecule has 0 atom stereocenters. The largest absolute Gasteiger partial charge is 0.312 e. The monoisotopic (exact) mass is 265 g/mol. The number of benzene rings is 1. The Hall–Kier alpha value is -0.830. The second-order valence-corrected chi connectivity index (χ2v) is 5.61. The van der Waals surface area contributed by atoms with Gasteiger partial charge < -0.3 is 5.32 Å². The van der Waals surface area contributed by atoms with E-state index in [9.17, 15) is 0 Å². The highest BCUT2D eigenvalue weighted by Gasteiger charge is 2.06. The Morgan fingerprint density at radius 2 is 2.06 bits per heavy atom. The first-order chi connectivity index (χ1) is 8.20. The zero-order chi connectivity index (χ0) is 12.3. The molecule has 0 saturated carbocycles. The predicted molar refractivity (Wildman–Crippen MR) is 76.9 cm³/mol. The van der Waals surface area contributed by atoms with E-state index in [0.29, 0.717) is 0 Å². The van der Waals surface area contributed by atoms with E-state index < -0.39 is 0 Å². The second kappa shape index (κ2) is 5.67. The zero-order valence-electron chi connectivity index (χ0n) is 10.1. The maximum Gasteiger partial charge on any atom is 0.0412 e. The first-order valence-electron chi connectivity index (χ1n) is 5.76. The fourth-order valence-corrected chi connectivity index (χ4v) is 2.96. The molecule has 2 aromatic rings. The number of hydrogen-bond donors (Lipinski definition) is 1. The third-order valence-electron chi connectivity index (χ3n) is 2.68. The van der Waals surface area contributed by atoms with E-state index >= 15 is 0 Å². The van der Waals surface area contributed by atoms with Crippen LogP contribution in [-0.4, -0.2) is 6.54 Å². The SMILES string of the molecule is CCNCc1ccc(-c2cc(Cl)ccc2C)s1. The van der Waals surface area contributed by atoms with Crippen LogP contribution in [0.4, 0.5) is 0 Å². The molecule has 90 valence electrons. The van der Waals surface area contributed by atoms with Gasteiger partial charge in [0.25, 0.3) is 0 Å². The molecule has 0 aliphatic rings. The summed E-state index contributed by atoms with van der Waals surface area (Å²) in [5.41, 5.74) is 2.51. The van der Waals surface area contributed by atoms with Gasteiger partial charge in [-0.15, -0.1) is 11.3 Å². The maximum absolute atomic E-state index is 6.05. The number of halogens is 1. The molecule has 1 aromatic carbocycles. The van der Waals surface area contributed by atoms with Crippen molar-refractivity contribution < 1.29 is 0 Å². The number of thiophene rings is 1. The highest BCUT2D eigenvalue weighted by Crippen LogP contribution is 2.32. The molecule has 0 spiro atoms. The summed E-state index contributed by atoms with van der Waals surface area (Å²) < 4.78 is 0. The quantitative estimate of drug-likeness (QED) is 0.859. The molecule has 0 bridgehead atoms. The predicted octanol–water partition coefficient (Wildman–Crippen LogP) is 4.49. The number of aryl methyl sites for hydroxylation is 1. The van der Waals surface area contributed by atoms with Crippen LogP contribution in [-0.2, 0) is 6.54 Å². The third kappa shape index (κ3) is 3.09. The first-order valence-corrected chi connectivity index (χ1v) is 6.96. The van der Waals surface area contributed by atoms with Gasteiger partial charge in [-0.25, -0.2) is 0 Å². The average Bonchev–Trinajstić information content (AvgIpc) is 2.78. The third-order valence-corrected chi connectivity index (χ3v) is 4.03. The molecule has 0 aliphatic heterocycles. The molecule has 0 fully saturated rings. The van der Waals surface area contributed by atoms with Crippen LogP contribution in [0.1, 0.15) is 17.4 Å². The van der Waals surface area contributed by atoms with Crippen LogP contribution in [0, 0.1) is 6.92 Å². The van der Waals surface area contributed by atoms with Crippen LogP contribution in [0.5, 0.6) is 0 Å². The van der Waals surface area contributed by atoms with Crippen molar-refractivity contribution in [3.8, 4) is 10.4 Å². The van der Waals surface area contributed by atoms with Crippen LogP contribution < -0.4 is 5.32 Å². The van der Waals surface area contributed by atoms with E-state index in [-0.39, 0.29) is 0 Å². The van der Waals surface area contributed by atoms with Gasteiger partial charge in [-0.3, -0.25) is 0 Å². The Bertz CT molecular complexity index is 505. The normalized spacial score (nSPS) is 10.8. The van der Waals surface area contributed by atoms with E-state index in [0.717, 1.165) is 18.1 Å². The Morgan fingerprint density at radius 3 is 2.82 bits per heavy atom. The van der Waals surface area contributed by atoms with E-state index in [1.54, 1.807) is 0 Å². The maximum atomic E-state index is 6.05. The van der Waals surface area contributed by atoms with Gasteiger partial charge in [0.1, 0.15) is 0 Å². The Balaban J connectivity index is 2.27. The van der Waals surface area contributed by atoms with Gasteiger partial charge in [0.2, 0.25) is 0 Å². The van der Waals surface area contributed by atoms with E-state index in [1.807, 2.05) is 23.5 Å². The summed E-state index contributed by atoms with van der Waals surface area (Å²) in [6, 6.07) is 10.4. The number of rotatable bonds is 4. The van der Waals surface area contributed by atoms with Gasteiger partial charge in [-0.05, 0) is 48.9 Å². The molecule has 17 heavy (non-hydrogen) atoms. The van der Waals surface area contributed by atoms with Crippen LogP contribution in [0.15, 0.2) is 30.3 Å². The fourth-order valence-electron chi connectivity index (χ4n) is 1.73. The standard InChI is InChI=1S/C14H16ClNS/c1-3-16-9-12-6-7-14(17-12)13-8-11(15)5-4-10(13)2/h4-8,16H,3,9H2,1-2H3. The minimum Gasteiger partial charge on any atom is -0.312 e. The molecule has 1 heterocycles.